The predicted octanol–water partition coefficient (Wildman–Crippen LogP) is 1.96. The van der Waals surface area contributed by atoms with E-state index in [4.69, 9.17) is 14.2 Å². The lowest BCUT2D eigenvalue weighted by atomic mass is 10.0. The van der Waals surface area contributed by atoms with Gasteiger partial charge in [-0.25, -0.2) is 13.6 Å². The molecule has 2 aliphatic heterocycles. The van der Waals surface area contributed by atoms with E-state index in [1.807, 2.05) is 30.3 Å². The van der Waals surface area contributed by atoms with Crippen LogP contribution < -0.4 is 5.32 Å². The average molecular weight is 313 g/mol. The van der Waals surface area contributed by atoms with E-state index < -0.39 is 24.5 Å². The highest BCUT2D eigenvalue weighted by atomic mass is 19.3. The molecule has 4 atom stereocenters. The number of ether oxygens (including phenoxy) is 3. The molecular weight excluding hydrogens is 296 g/mol. The highest BCUT2D eigenvalue weighted by Crippen LogP contribution is 2.39. The second-order valence-corrected chi connectivity index (χ2v) is 5.38. The fourth-order valence-electron chi connectivity index (χ4n) is 2.57. The molecule has 2 heterocycles. The lowest BCUT2D eigenvalue weighted by Crippen LogP contribution is -2.41. The first-order valence-corrected chi connectivity index (χ1v) is 7.15. The Morgan fingerprint density at radius 2 is 2.14 bits per heavy atom. The Kier molecular flexibility index (Phi) is 4.54. The maximum Gasteiger partial charge on any atom is 0.407 e. The van der Waals surface area contributed by atoms with Gasteiger partial charge in [-0.15, -0.1) is 0 Å². The van der Waals surface area contributed by atoms with Crippen molar-refractivity contribution >= 4 is 6.09 Å². The predicted molar refractivity (Wildman–Crippen MR) is 72.5 cm³/mol. The Labute approximate surface area is 126 Å². The molecule has 2 saturated heterocycles. The van der Waals surface area contributed by atoms with Crippen molar-refractivity contribution < 1.29 is 27.8 Å². The zero-order valence-electron chi connectivity index (χ0n) is 11.8. The lowest BCUT2D eigenvalue weighted by molar-refractivity contribution is -0.0576. The van der Waals surface area contributed by atoms with Crippen LogP contribution in [0.1, 0.15) is 5.56 Å². The van der Waals surface area contributed by atoms with E-state index in [2.05, 4.69) is 5.32 Å². The van der Waals surface area contributed by atoms with Gasteiger partial charge in [-0.2, -0.15) is 0 Å². The van der Waals surface area contributed by atoms with Crippen LogP contribution in [-0.2, 0) is 20.8 Å². The van der Waals surface area contributed by atoms with Gasteiger partial charge in [0.2, 0.25) is 6.43 Å². The smallest absolute Gasteiger partial charge is 0.407 e. The summed E-state index contributed by atoms with van der Waals surface area (Å²) >= 11 is 0. The summed E-state index contributed by atoms with van der Waals surface area (Å²) in [6.07, 6.45) is -4.31. The molecule has 2 fully saturated rings. The number of hydrogen-bond acceptors (Lipinski definition) is 4. The van der Waals surface area contributed by atoms with Gasteiger partial charge in [0.25, 0.3) is 0 Å². The van der Waals surface area contributed by atoms with Crippen LogP contribution in [0.25, 0.3) is 0 Å². The Bertz CT molecular complexity index is 514. The van der Waals surface area contributed by atoms with Crippen molar-refractivity contribution in [3.8, 4) is 0 Å². The van der Waals surface area contributed by atoms with Crippen LogP contribution in [0.15, 0.2) is 30.3 Å². The molecule has 1 amide bonds. The van der Waals surface area contributed by atoms with Crippen LogP contribution >= 0.6 is 0 Å². The van der Waals surface area contributed by atoms with Crippen LogP contribution in [0.5, 0.6) is 0 Å². The minimum Gasteiger partial charge on any atom is -0.445 e. The van der Waals surface area contributed by atoms with Gasteiger partial charge < -0.3 is 19.5 Å². The summed E-state index contributed by atoms with van der Waals surface area (Å²) in [5.41, 5.74) is 0.830. The molecule has 5 nitrogen and oxygen atoms in total. The number of alkyl carbamates (subject to hydrolysis) is 1. The number of fused-ring (bicyclic) bond motifs is 1. The molecule has 3 rings (SSSR count). The Balaban J connectivity index is 1.44. The van der Waals surface area contributed by atoms with E-state index in [9.17, 15) is 13.6 Å². The largest absolute Gasteiger partial charge is 0.445 e. The number of epoxide rings is 1. The Morgan fingerprint density at radius 1 is 1.36 bits per heavy atom. The molecule has 0 saturated carbocycles. The molecule has 0 spiro atoms. The number of hydrogen-bond donors (Lipinski definition) is 1. The van der Waals surface area contributed by atoms with E-state index >= 15 is 0 Å². The molecule has 1 aromatic rings. The van der Waals surface area contributed by atoms with Crippen molar-refractivity contribution in [1.29, 1.82) is 0 Å². The van der Waals surface area contributed by atoms with Crippen molar-refractivity contribution in [3.63, 3.8) is 0 Å². The molecule has 1 aromatic carbocycles. The van der Waals surface area contributed by atoms with Gasteiger partial charge >= 0.3 is 6.09 Å². The number of rotatable bonds is 6. The van der Waals surface area contributed by atoms with Crippen molar-refractivity contribution in [2.45, 2.75) is 31.3 Å². The maximum absolute atomic E-state index is 13.1. The number of nitrogens with one attached hydrogen (secondary N) is 1. The molecule has 0 aliphatic carbocycles. The maximum atomic E-state index is 13.1. The topological polar surface area (TPSA) is 60.1 Å². The van der Waals surface area contributed by atoms with Gasteiger partial charge in [-0.3, -0.25) is 0 Å². The number of amides is 1. The second-order valence-electron chi connectivity index (χ2n) is 5.38. The molecule has 1 N–H and O–H groups in total. The number of halogens is 2. The van der Waals surface area contributed by atoms with E-state index in [1.165, 1.54) is 0 Å². The number of carbonyl (C=O) groups is 1. The number of alkyl halides is 2. The number of carbonyl (C=O) groups excluding carboxylic acids is 1. The van der Waals surface area contributed by atoms with E-state index in [1.54, 1.807) is 0 Å². The lowest BCUT2D eigenvalue weighted by Gasteiger charge is -2.23. The van der Waals surface area contributed by atoms with Crippen LogP contribution in [0, 0.1) is 5.92 Å². The highest BCUT2D eigenvalue weighted by molar-refractivity contribution is 5.67. The average Bonchev–Trinajstić information content (AvgIpc) is 3.19. The molecule has 7 heteroatoms. The van der Waals surface area contributed by atoms with Crippen LogP contribution in [0.2, 0.25) is 0 Å². The zero-order valence-corrected chi connectivity index (χ0v) is 11.8. The van der Waals surface area contributed by atoms with Crippen LogP contribution in [0.3, 0.4) is 0 Å². The summed E-state index contributed by atoms with van der Waals surface area (Å²) in [5, 5.41) is 2.37. The first kappa shape index (κ1) is 15.2. The second kappa shape index (κ2) is 6.58. The summed E-state index contributed by atoms with van der Waals surface area (Å²) in [6, 6.07) is 9.13. The van der Waals surface area contributed by atoms with Crippen molar-refractivity contribution in [1.82, 2.24) is 5.32 Å². The third-order valence-electron chi connectivity index (χ3n) is 3.84. The van der Waals surface area contributed by atoms with E-state index in [-0.39, 0.29) is 25.4 Å². The van der Waals surface area contributed by atoms with Gasteiger partial charge in [0.05, 0.1) is 18.6 Å². The number of benzene rings is 1. The van der Waals surface area contributed by atoms with Gasteiger partial charge in [0, 0.05) is 6.54 Å². The molecule has 0 bridgehead atoms. The first-order valence-electron chi connectivity index (χ1n) is 7.15. The summed E-state index contributed by atoms with van der Waals surface area (Å²) in [6.45, 7) is 0.235. The molecule has 0 radical (unpaired) electrons. The van der Waals surface area contributed by atoms with Crippen molar-refractivity contribution in [2.24, 2.45) is 5.92 Å². The van der Waals surface area contributed by atoms with E-state index in [0.29, 0.717) is 6.61 Å². The third-order valence-corrected chi connectivity index (χ3v) is 3.84. The van der Waals surface area contributed by atoms with Crippen LogP contribution in [0.4, 0.5) is 13.6 Å². The summed E-state index contributed by atoms with van der Waals surface area (Å²) < 4.78 is 41.7. The molecular formula is C15H17F2NO4. The van der Waals surface area contributed by atoms with Gasteiger partial charge in [0.15, 0.2) is 0 Å². The summed E-state index contributed by atoms with van der Waals surface area (Å²) in [4.78, 5) is 11.6. The normalized spacial score (nSPS) is 27.3. The molecule has 120 valence electrons. The SMILES string of the molecule is O=C(NC[C@H](C(F)F)[C@H]1OC[C@@H]2O[C@H]12)OCc1ccccc1. The summed E-state index contributed by atoms with van der Waals surface area (Å²) in [5.74, 6) is -1.10. The highest BCUT2D eigenvalue weighted by Gasteiger charge is 2.55. The Hall–Kier alpha value is -1.73. The Morgan fingerprint density at radius 3 is 2.73 bits per heavy atom. The molecule has 22 heavy (non-hydrogen) atoms. The molecule has 2 aliphatic rings. The fraction of sp³-hybridized carbons (Fsp3) is 0.533. The van der Waals surface area contributed by atoms with Gasteiger partial charge in [0.1, 0.15) is 18.8 Å². The fourth-order valence-corrected chi connectivity index (χ4v) is 2.57. The monoisotopic (exact) mass is 313 g/mol. The van der Waals surface area contributed by atoms with Gasteiger partial charge in [-0.1, -0.05) is 30.3 Å². The van der Waals surface area contributed by atoms with Crippen molar-refractivity contribution in [2.75, 3.05) is 13.2 Å². The third kappa shape index (κ3) is 3.53. The molecule has 0 aromatic heterocycles. The first-order chi connectivity index (χ1) is 10.6. The van der Waals surface area contributed by atoms with Gasteiger partial charge in [-0.05, 0) is 5.56 Å². The zero-order chi connectivity index (χ0) is 15.5. The minimum atomic E-state index is -2.60. The summed E-state index contributed by atoms with van der Waals surface area (Å²) in [7, 11) is 0. The molecule has 0 unspecified atom stereocenters. The standard InChI is InChI=1S/C15H17F2NO4/c16-14(17)10(12-13-11(22-13)8-20-12)6-18-15(19)21-7-9-4-2-1-3-5-9/h1-5,10-14H,6-8H2,(H,18,19)/t10-,11-,12+,13-/m0/s1. The minimum absolute atomic E-state index is 0.0590. The van der Waals surface area contributed by atoms with Crippen molar-refractivity contribution in [3.05, 3.63) is 35.9 Å². The van der Waals surface area contributed by atoms with Crippen LogP contribution in [-0.4, -0.2) is 44.0 Å². The quantitative estimate of drug-likeness (QED) is 0.816. The van der Waals surface area contributed by atoms with E-state index in [0.717, 1.165) is 5.56 Å².